The van der Waals surface area contributed by atoms with Crippen LogP contribution in [0.1, 0.15) is 0 Å². The molecule has 2 aliphatic heterocycles. The van der Waals surface area contributed by atoms with Gasteiger partial charge in [0.15, 0.2) is 0 Å². The Morgan fingerprint density at radius 1 is 1.36 bits per heavy atom. The van der Waals surface area contributed by atoms with Crippen molar-refractivity contribution < 1.29 is 18.1 Å². The molecule has 120 valence electrons. The van der Waals surface area contributed by atoms with E-state index in [1.807, 2.05) is 0 Å². The van der Waals surface area contributed by atoms with Crippen LogP contribution in [-0.4, -0.2) is 56.6 Å². The van der Waals surface area contributed by atoms with Crippen molar-refractivity contribution in [1.29, 1.82) is 0 Å². The van der Waals surface area contributed by atoms with Gasteiger partial charge in [-0.15, -0.1) is 0 Å². The van der Waals surface area contributed by atoms with Crippen LogP contribution >= 0.6 is 0 Å². The number of sulfonamides is 1. The zero-order valence-corrected chi connectivity index (χ0v) is 12.5. The topological polar surface area (TPSA) is 128 Å². The van der Waals surface area contributed by atoms with E-state index >= 15 is 0 Å². The van der Waals surface area contributed by atoms with E-state index in [0.29, 0.717) is 11.7 Å². The Morgan fingerprint density at radius 3 is 2.55 bits per heavy atom. The van der Waals surface area contributed by atoms with Gasteiger partial charge in [0.05, 0.1) is 35.1 Å². The average Bonchev–Trinajstić information content (AvgIpc) is 2.32. The lowest BCUT2D eigenvalue weighted by Gasteiger charge is -2.47. The largest absolute Gasteiger partial charge is 0.378 e. The molecule has 0 aliphatic carbocycles. The van der Waals surface area contributed by atoms with Gasteiger partial charge in [-0.25, -0.2) is 13.6 Å². The van der Waals surface area contributed by atoms with E-state index in [-0.39, 0.29) is 16.6 Å². The van der Waals surface area contributed by atoms with Crippen molar-refractivity contribution in [2.75, 3.05) is 31.6 Å². The lowest BCUT2D eigenvalue weighted by atomic mass is 10.0. The number of benzene rings is 1. The van der Waals surface area contributed by atoms with Crippen LogP contribution in [0.25, 0.3) is 0 Å². The molecule has 0 amide bonds. The predicted octanol–water partition coefficient (Wildman–Crippen LogP) is -0.263. The fraction of sp³-hybridized carbons (Fsp3) is 0.500. The van der Waals surface area contributed by atoms with Gasteiger partial charge in [0.1, 0.15) is 5.69 Å². The number of primary sulfonamides is 1. The van der Waals surface area contributed by atoms with Crippen molar-refractivity contribution in [2.24, 2.45) is 5.14 Å². The molecule has 1 aromatic rings. The zero-order chi connectivity index (χ0) is 15.9. The minimum absolute atomic E-state index is 0.0969. The molecule has 0 spiro atoms. The Bertz CT molecular complexity index is 697. The number of nitrogens with two attached hydrogens (primary N) is 1. The summed E-state index contributed by atoms with van der Waals surface area (Å²) < 4.78 is 27.7. The zero-order valence-electron chi connectivity index (χ0n) is 11.6. The molecule has 2 heterocycles. The first-order valence-corrected chi connectivity index (χ1v) is 8.29. The number of nitro benzene ring substituents is 1. The maximum absolute atomic E-state index is 11.3. The van der Waals surface area contributed by atoms with Crippen molar-refractivity contribution in [3.05, 3.63) is 28.3 Å². The molecule has 10 heteroatoms. The molecule has 1 aromatic carbocycles. The first-order valence-electron chi connectivity index (χ1n) is 6.74. The van der Waals surface area contributed by atoms with E-state index < -0.39 is 14.9 Å². The van der Waals surface area contributed by atoms with Crippen LogP contribution in [0, 0.1) is 10.1 Å². The minimum Gasteiger partial charge on any atom is -0.378 e. The Labute approximate surface area is 127 Å². The number of rotatable bonds is 5. The molecule has 2 saturated heterocycles. The number of likely N-dealkylation sites (tertiary alicyclic amines) is 1. The van der Waals surface area contributed by atoms with E-state index in [1.54, 1.807) is 0 Å². The van der Waals surface area contributed by atoms with Crippen molar-refractivity contribution in [3.8, 4) is 0 Å². The molecule has 9 nitrogen and oxygen atoms in total. The third kappa shape index (κ3) is 2.90. The number of nitrogens with one attached hydrogen (secondary N) is 1. The average molecular weight is 328 g/mol. The van der Waals surface area contributed by atoms with Gasteiger partial charge >= 0.3 is 0 Å². The first-order chi connectivity index (χ1) is 10.3. The number of nitrogens with zero attached hydrogens (tertiary/aromatic N) is 2. The Balaban J connectivity index is 1.72. The summed E-state index contributed by atoms with van der Waals surface area (Å²) >= 11 is 0. The van der Waals surface area contributed by atoms with Gasteiger partial charge in [-0.1, -0.05) is 0 Å². The molecule has 2 fully saturated rings. The lowest BCUT2D eigenvalue weighted by Crippen LogP contribution is -2.63. The van der Waals surface area contributed by atoms with Crippen LogP contribution in [0.4, 0.5) is 11.4 Å². The Hall–Kier alpha value is -1.75. The van der Waals surface area contributed by atoms with E-state index in [9.17, 15) is 18.5 Å². The first kappa shape index (κ1) is 15.2. The standard InChI is InChI=1S/C12H16N4O5S/c13-22(19,20)10-1-2-11(12(3-10)16(17)18)14-8-4-15(5-8)9-6-21-7-9/h1-3,8-9,14H,4-7H2,(H2,13,19,20). The SMILES string of the molecule is NS(=O)(=O)c1ccc(NC2CN(C3COC3)C2)c([N+](=O)[O-])c1. The number of ether oxygens (including phenoxy) is 1. The summed E-state index contributed by atoms with van der Waals surface area (Å²) in [5, 5.41) is 19.2. The van der Waals surface area contributed by atoms with Crippen molar-refractivity contribution in [2.45, 2.75) is 17.0 Å². The second-order valence-electron chi connectivity index (χ2n) is 5.47. The van der Waals surface area contributed by atoms with Gasteiger partial charge in [-0.05, 0) is 12.1 Å². The fourth-order valence-corrected chi connectivity index (χ4v) is 3.05. The molecule has 22 heavy (non-hydrogen) atoms. The monoisotopic (exact) mass is 328 g/mol. The van der Waals surface area contributed by atoms with Crippen LogP contribution in [0.2, 0.25) is 0 Å². The summed E-state index contributed by atoms with van der Waals surface area (Å²) in [4.78, 5) is 12.5. The molecule has 0 radical (unpaired) electrons. The lowest BCUT2D eigenvalue weighted by molar-refractivity contribution is -0.384. The quantitative estimate of drug-likeness (QED) is 0.563. The normalized spacial score (nSPS) is 20.2. The van der Waals surface area contributed by atoms with E-state index in [0.717, 1.165) is 32.4 Å². The highest BCUT2D eigenvalue weighted by Crippen LogP contribution is 2.29. The molecule has 3 rings (SSSR count). The molecule has 0 saturated carbocycles. The van der Waals surface area contributed by atoms with Crippen molar-refractivity contribution in [3.63, 3.8) is 0 Å². The molecule has 0 bridgehead atoms. The van der Waals surface area contributed by atoms with Crippen LogP contribution in [0.3, 0.4) is 0 Å². The fourth-order valence-electron chi connectivity index (χ4n) is 2.52. The maximum atomic E-state index is 11.3. The summed E-state index contributed by atoms with van der Waals surface area (Å²) in [7, 11) is -3.97. The third-order valence-corrected chi connectivity index (χ3v) is 4.81. The van der Waals surface area contributed by atoms with Crippen LogP contribution in [-0.2, 0) is 14.8 Å². The predicted molar refractivity (Wildman–Crippen MR) is 78.1 cm³/mol. The number of nitro groups is 1. The summed E-state index contributed by atoms with van der Waals surface area (Å²) in [5.74, 6) is 0. The van der Waals surface area contributed by atoms with E-state index in [2.05, 4.69) is 10.2 Å². The van der Waals surface area contributed by atoms with Crippen LogP contribution in [0.15, 0.2) is 23.1 Å². The van der Waals surface area contributed by atoms with Crippen LogP contribution < -0.4 is 10.5 Å². The molecular weight excluding hydrogens is 312 g/mol. The second kappa shape index (κ2) is 5.47. The van der Waals surface area contributed by atoms with Crippen molar-refractivity contribution in [1.82, 2.24) is 4.90 Å². The summed E-state index contributed by atoms with van der Waals surface area (Å²) in [6, 6.07) is 4.17. The van der Waals surface area contributed by atoms with Gasteiger partial charge in [-0.3, -0.25) is 15.0 Å². The highest BCUT2D eigenvalue weighted by molar-refractivity contribution is 7.89. The minimum atomic E-state index is -3.97. The molecule has 3 N–H and O–H groups in total. The Kier molecular flexibility index (Phi) is 3.77. The third-order valence-electron chi connectivity index (χ3n) is 3.90. The molecule has 0 atom stereocenters. The van der Waals surface area contributed by atoms with Crippen molar-refractivity contribution >= 4 is 21.4 Å². The van der Waals surface area contributed by atoms with Gasteiger partial charge in [0.25, 0.3) is 5.69 Å². The highest BCUT2D eigenvalue weighted by atomic mass is 32.2. The van der Waals surface area contributed by atoms with E-state index in [4.69, 9.17) is 9.88 Å². The van der Waals surface area contributed by atoms with Crippen LogP contribution in [0.5, 0.6) is 0 Å². The Morgan fingerprint density at radius 2 is 2.05 bits per heavy atom. The maximum Gasteiger partial charge on any atom is 0.293 e. The highest BCUT2D eigenvalue weighted by Gasteiger charge is 2.36. The summed E-state index contributed by atoms with van der Waals surface area (Å²) in [5.41, 5.74) is 0.00358. The number of hydrogen-bond donors (Lipinski definition) is 2. The number of anilines is 1. The summed E-state index contributed by atoms with van der Waals surface area (Å²) in [6.07, 6.45) is 0. The second-order valence-corrected chi connectivity index (χ2v) is 7.03. The molecule has 0 aromatic heterocycles. The molecule has 0 unspecified atom stereocenters. The van der Waals surface area contributed by atoms with Gasteiger partial charge in [0.2, 0.25) is 10.0 Å². The van der Waals surface area contributed by atoms with Gasteiger partial charge in [0, 0.05) is 19.2 Å². The van der Waals surface area contributed by atoms with E-state index in [1.165, 1.54) is 12.1 Å². The molecule has 2 aliphatic rings. The summed E-state index contributed by atoms with van der Waals surface area (Å²) in [6.45, 7) is 3.02. The molecular formula is C12H16N4O5S. The van der Waals surface area contributed by atoms with Gasteiger partial charge < -0.3 is 10.1 Å². The smallest absolute Gasteiger partial charge is 0.293 e. The van der Waals surface area contributed by atoms with Gasteiger partial charge in [-0.2, -0.15) is 0 Å². The number of hydrogen-bond acceptors (Lipinski definition) is 7.